The summed E-state index contributed by atoms with van der Waals surface area (Å²) in [6.45, 7) is 1.18. The normalized spacial score (nSPS) is 25.6. The van der Waals surface area contributed by atoms with E-state index in [-0.39, 0.29) is 24.0 Å². The molecule has 0 bridgehead atoms. The highest BCUT2D eigenvalue weighted by atomic mass is 16.5. The van der Waals surface area contributed by atoms with E-state index in [0.29, 0.717) is 31.8 Å². The number of carbonyl (C=O) groups is 2. The van der Waals surface area contributed by atoms with Gasteiger partial charge in [0.15, 0.2) is 0 Å². The fraction of sp³-hybridized carbons (Fsp3) is 0.538. The van der Waals surface area contributed by atoms with Crippen molar-refractivity contribution in [2.75, 3.05) is 13.1 Å². The van der Waals surface area contributed by atoms with Gasteiger partial charge < -0.3 is 15.0 Å². The van der Waals surface area contributed by atoms with Crippen LogP contribution in [0.3, 0.4) is 0 Å². The highest BCUT2D eigenvalue weighted by Gasteiger charge is 2.35. The number of nitrogens with zero attached hydrogens (tertiary/aromatic N) is 3. The Hall–Kier alpha value is -2.18. The first-order chi connectivity index (χ1) is 9.72. The summed E-state index contributed by atoms with van der Waals surface area (Å²) in [7, 11) is 0. The highest BCUT2D eigenvalue weighted by Crippen LogP contribution is 2.18. The molecule has 1 aromatic heterocycles. The molecule has 7 heteroatoms. The quantitative estimate of drug-likeness (QED) is 0.822. The second-order valence-electron chi connectivity index (χ2n) is 5.02. The van der Waals surface area contributed by atoms with Gasteiger partial charge in [-0.1, -0.05) is 0 Å². The summed E-state index contributed by atoms with van der Waals surface area (Å²) in [6, 6.07) is -0.363. The Morgan fingerprint density at radius 3 is 3.00 bits per heavy atom. The van der Waals surface area contributed by atoms with Gasteiger partial charge in [-0.3, -0.25) is 14.6 Å². The van der Waals surface area contributed by atoms with E-state index in [1.54, 1.807) is 23.5 Å². The van der Waals surface area contributed by atoms with Crippen LogP contribution < -0.4 is 10.1 Å². The first-order valence-electron chi connectivity index (χ1n) is 6.73. The number of hydrogen-bond donors (Lipinski definition) is 1. The number of amides is 2. The van der Waals surface area contributed by atoms with E-state index in [1.165, 1.54) is 0 Å². The predicted octanol–water partition coefficient (Wildman–Crippen LogP) is -0.265. The number of hydrogen-bond acceptors (Lipinski definition) is 5. The summed E-state index contributed by atoms with van der Waals surface area (Å²) >= 11 is 0. The first kappa shape index (κ1) is 12.8. The van der Waals surface area contributed by atoms with E-state index >= 15 is 0 Å². The van der Waals surface area contributed by atoms with E-state index in [0.717, 1.165) is 6.42 Å². The molecule has 2 aliphatic rings. The molecule has 1 N–H and O–H groups in total. The minimum Gasteiger partial charge on any atom is -0.471 e. The van der Waals surface area contributed by atoms with Crippen molar-refractivity contribution in [1.29, 1.82) is 0 Å². The van der Waals surface area contributed by atoms with Crippen molar-refractivity contribution in [2.24, 2.45) is 0 Å². The molecular formula is C13H16N4O3. The fourth-order valence-electron chi connectivity index (χ4n) is 2.56. The van der Waals surface area contributed by atoms with Crippen LogP contribution in [-0.4, -0.2) is 51.9 Å². The molecule has 3 rings (SSSR count). The lowest BCUT2D eigenvalue weighted by Gasteiger charge is -2.20. The van der Waals surface area contributed by atoms with Crippen LogP contribution in [0, 0.1) is 0 Å². The zero-order valence-corrected chi connectivity index (χ0v) is 11.0. The molecule has 2 fully saturated rings. The third-order valence-corrected chi connectivity index (χ3v) is 3.58. The van der Waals surface area contributed by atoms with Gasteiger partial charge in [-0.15, -0.1) is 0 Å². The molecule has 2 aliphatic heterocycles. The van der Waals surface area contributed by atoms with Crippen molar-refractivity contribution < 1.29 is 14.3 Å². The van der Waals surface area contributed by atoms with Gasteiger partial charge in [0.2, 0.25) is 17.7 Å². The van der Waals surface area contributed by atoms with Gasteiger partial charge in [-0.05, 0) is 6.42 Å². The van der Waals surface area contributed by atoms with Crippen molar-refractivity contribution in [3.63, 3.8) is 0 Å². The van der Waals surface area contributed by atoms with Crippen LogP contribution in [0.5, 0.6) is 5.88 Å². The lowest BCUT2D eigenvalue weighted by Crippen LogP contribution is -2.44. The van der Waals surface area contributed by atoms with Gasteiger partial charge in [-0.25, -0.2) is 4.98 Å². The van der Waals surface area contributed by atoms with Crippen molar-refractivity contribution in [1.82, 2.24) is 20.2 Å². The van der Waals surface area contributed by atoms with E-state index in [1.807, 2.05) is 0 Å². The van der Waals surface area contributed by atoms with Gasteiger partial charge in [0.25, 0.3) is 0 Å². The molecule has 0 spiro atoms. The molecule has 2 amide bonds. The maximum absolute atomic E-state index is 12.2. The third-order valence-electron chi connectivity index (χ3n) is 3.58. The Labute approximate surface area is 116 Å². The second-order valence-corrected chi connectivity index (χ2v) is 5.02. The van der Waals surface area contributed by atoms with Crippen molar-refractivity contribution in [2.45, 2.75) is 31.4 Å². The summed E-state index contributed by atoms with van der Waals surface area (Å²) in [5.74, 6) is 0.414. The molecule has 2 atom stereocenters. The molecule has 0 aliphatic carbocycles. The van der Waals surface area contributed by atoms with Gasteiger partial charge in [-0.2, -0.15) is 0 Å². The molecule has 3 heterocycles. The largest absolute Gasteiger partial charge is 0.471 e. The van der Waals surface area contributed by atoms with Gasteiger partial charge >= 0.3 is 0 Å². The Morgan fingerprint density at radius 1 is 1.40 bits per heavy atom. The summed E-state index contributed by atoms with van der Waals surface area (Å²) in [5.41, 5.74) is 0. The molecule has 0 aromatic carbocycles. The molecule has 2 saturated heterocycles. The number of likely N-dealkylation sites (tertiary alicyclic amines) is 1. The number of nitrogens with one attached hydrogen (secondary N) is 1. The molecule has 1 aromatic rings. The summed E-state index contributed by atoms with van der Waals surface area (Å²) in [6.07, 6.45) is 6.44. The van der Waals surface area contributed by atoms with Crippen LogP contribution in [-0.2, 0) is 9.59 Å². The Morgan fingerprint density at radius 2 is 2.30 bits per heavy atom. The predicted molar refractivity (Wildman–Crippen MR) is 68.8 cm³/mol. The SMILES string of the molecule is O=C1CCC(C(=O)N2CCC(Oc3cnccn3)C2)N1. The smallest absolute Gasteiger partial charge is 0.245 e. The minimum absolute atomic E-state index is 0.0129. The van der Waals surface area contributed by atoms with Crippen LogP contribution in [0.1, 0.15) is 19.3 Å². The summed E-state index contributed by atoms with van der Waals surface area (Å²) < 4.78 is 5.68. The van der Waals surface area contributed by atoms with E-state index in [2.05, 4.69) is 15.3 Å². The maximum Gasteiger partial charge on any atom is 0.245 e. The van der Waals surface area contributed by atoms with Crippen molar-refractivity contribution in [3.8, 4) is 5.88 Å². The topological polar surface area (TPSA) is 84.4 Å². The monoisotopic (exact) mass is 276 g/mol. The molecule has 0 saturated carbocycles. The molecule has 20 heavy (non-hydrogen) atoms. The number of carbonyl (C=O) groups excluding carboxylic acids is 2. The molecule has 7 nitrogen and oxygen atoms in total. The Kier molecular flexibility index (Phi) is 3.49. The average Bonchev–Trinajstić information content (AvgIpc) is 3.08. The van der Waals surface area contributed by atoms with E-state index < -0.39 is 0 Å². The lowest BCUT2D eigenvalue weighted by atomic mass is 10.2. The summed E-state index contributed by atoms with van der Waals surface area (Å²) in [5, 5.41) is 2.70. The zero-order chi connectivity index (χ0) is 13.9. The van der Waals surface area contributed by atoms with Crippen molar-refractivity contribution >= 4 is 11.8 Å². The third kappa shape index (κ3) is 2.71. The number of aromatic nitrogens is 2. The van der Waals surface area contributed by atoms with E-state index in [4.69, 9.17) is 4.74 Å². The average molecular weight is 276 g/mol. The Bertz CT molecular complexity index is 508. The van der Waals surface area contributed by atoms with Gasteiger partial charge in [0, 0.05) is 31.8 Å². The second kappa shape index (κ2) is 5.44. The molecular weight excluding hydrogens is 260 g/mol. The van der Waals surface area contributed by atoms with Crippen LogP contribution in [0.15, 0.2) is 18.6 Å². The molecule has 2 unspecified atom stereocenters. The molecule has 0 radical (unpaired) electrons. The number of rotatable bonds is 3. The Balaban J connectivity index is 1.54. The standard InChI is InChI=1S/C13H16N4O3/c18-11-2-1-10(16-11)13(19)17-6-3-9(8-17)20-12-7-14-4-5-15-12/h4-5,7,9-10H,1-3,6,8H2,(H,16,18). The first-order valence-corrected chi connectivity index (χ1v) is 6.73. The fourth-order valence-corrected chi connectivity index (χ4v) is 2.56. The van der Waals surface area contributed by atoms with E-state index in [9.17, 15) is 9.59 Å². The van der Waals surface area contributed by atoms with Crippen LogP contribution in [0.2, 0.25) is 0 Å². The van der Waals surface area contributed by atoms with Crippen LogP contribution >= 0.6 is 0 Å². The van der Waals surface area contributed by atoms with Crippen LogP contribution in [0.25, 0.3) is 0 Å². The minimum atomic E-state index is -0.363. The molecule has 106 valence electrons. The van der Waals surface area contributed by atoms with Crippen LogP contribution in [0.4, 0.5) is 0 Å². The maximum atomic E-state index is 12.2. The van der Waals surface area contributed by atoms with Gasteiger partial charge in [0.05, 0.1) is 12.7 Å². The highest BCUT2D eigenvalue weighted by molar-refractivity contribution is 5.90. The zero-order valence-electron chi connectivity index (χ0n) is 11.0. The number of ether oxygens (including phenoxy) is 1. The summed E-state index contributed by atoms with van der Waals surface area (Å²) in [4.78, 5) is 33.1. The van der Waals surface area contributed by atoms with Crippen molar-refractivity contribution in [3.05, 3.63) is 18.6 Å². The van der Waals surface area contributed by atoms with Gasteiger partial charge in [0.1, 0.15) is 12.1 Å². The lowest BCUT2D eigenvalue weighted by molar-refractivity contribution is -0.133.